The Morgan fingerprint density at radius 2 is 2.00 bits per heavy atom. The van der Waals surface area contributed by atoms with Crippen LogP contribution in [0.15, 0.2) is 55.1 Å². The molecule has 21 heavy (non-hydrogen) atoms. The number of aryl methyl sites for hydroxylation is 1. The van der Waals surface area contributed by atoms with Gasteiger partial charge in [0.15, 0.2) is 0 Å². The van der Waals surface area contributed by atoms with Gasteiger partial charge >= 0.3 is 0 Å². The van der Waals surface area contributed by atoms with Crippen molar-refractivity contribution in [2.75, 3.05) is 5.32 Å². The van der Waals surface area contributed by atoms with E-state index in [2.05, 4.69) is 20.4 Å². The SMILES string of the molecule is Cc1cccc(C(=O)Nc2cnn(-c3ccncc3)c2)n1. The third-order valence-corrected chi connectivity index (χ3v) is 2.89. The van der Waals surface area contributed by atoms with Crippen LogP contribution in [0, 0.1) is 6.92 Å². The zero-order chi connectivity index (χ0) is 14.7. The smallest absolute Gasteiger partial charge is 0.274 e. The van der Waals surface area contributed by atoms with Crippen LogP contribution in [-0.4, -0.2) is 25.7 Å². The molecule has 1 amide bonds. The summed E-state index contributed by atoms with van der Waals surface area (Å²) in [6.45, 7) is 1.85. The third-order valence-electron chi connectivity index (χ3n) is 2.89. The number of aromatic nitrogens is 4. The molecule has 0 aliphatic carbocycles. The number of nitrogens with zero attached hydrogens (tertiary/aromatic N) is 4. The van der Waals surface area contributed by atoms with E-state index in [1.54, 1.807) is 41.6 Å². The molecule has 0 fully saturated rings. The lowest BCUT2D eigenvalue weighted by molar-refractivity contribution is 0.102. The molecule has 104 valence electrons. The lowest BCUT2D eigenvalue weighted by Crippen LogP contribution is -2.13. The van der Waals surface area contributed by atoms with Gasteiger partial charge in [0, 0.05) is 18.1 Å². The molecule has 3 rings (SSSR count). The first-order chi connectivity index (χ1) is 10.2. The lowest BCUT2D eigenvalue weighted by Gasteiger charge is -2.02. The summed E-state index contributed by atoms with van der Waals surface area (Å²) in [6, 6.07) is 8.99. The Bertz CT molecular complexity index is 766. The van der Waals surface area contributed by atoms with Crippen molar-refractivity contribution < 1.29 is 4.79 Å². The van der Waals surface area contributed by atoms with Crippen LogP contribution in [0.5, 0.6) is 0 Å². The van der Waals surface area contributed by atoms with Crippen molar-refractivity contribution in [1.82, 2.24) is 19.7 Å². The highest BCUT2D eigenvalue weighted by Gasteiger charge is 2.09. The van der Waals surface area contributed by atoms with Gasteiger partial charge in [-0.1, -0.05) is 6.07 Å². The molecule has 6 nitrogen and oxygen atoms in total. The van der Waals surface area contributed by atoms with Crippen LogP contribution in [0.25, 0.3) is 5.69 Å². The quantitative estimate of drug-likeness (QED) is 0.798. The first-order valence-corrected chi connectivity index (χ1v) is 6.42. The monoisotopic (exact) mass is 279 g/mol. The normalized spacial score (nSPS) is 10.3. The first-order valence-electron chi connectivity index (χ1n) is 6.42. The Morgan fingerprint density at radius 3 is 2.76 bits per heavy atom. The molecule has 1 N–H and O–H groups in total. The molecule has 0 saturated carbocycles. The average Bonchev–Trinajstić information content (AvgIpc) is 2.97. The zero-order valence-corrected chi connectivity index (χ0v) is 11.4. The van der Waals surface area contributed by atoms with E-state index in [4.69, 9.17) is 0 Å². The summed E-state index contributed by atoms with van der Waals surface area (Å²) in [5, 5.41) is 6.98. The Morgan fingerprint density at radius 1 is 1.19 bits per heavy atom. The van der Waals surface area contributed by atoms with Crippen LogP contribution in [0.4, 0.5) is 5.69 Å². The minimum Gasteiger partial charge on any atom is -0.318 e. The van der Waals surface area contributed by atoms with Crippen molar-refractivity contribution in [2.45, 2.75) is 6.92 Å². The minimum absolute atomic E-state index is 0.257. The molecule has 0 aliphatic heterocycles. The Balaban J connectivity index is 1.77. The number of rotatable bonds is 3. The van der Waals surface area contributed by atoms with Gasteiger partial charge in [-0.2, -0.15) is 5.10 Å². The fraction of sp³-hybridized carbons (Fsp3) is 0.0667. The molecular weight excluding hydrogens is 266 g/mol. The number of amides is 1. The van der Waals surface area contributed by atoms with Gasteiger partial charge in [0.05, 0.1) is 23.8 Å². The highest BCUT2D eigenvalue weighted by molar-refractivity contribution is 6.02. The summed E-state index contributed by atoms with van der Waals surface area (Å²) in [6.07, 6.45) is 6.70. The summed E-state index contributed by atoms with van der Waals surface area (Å²) in [5.41, 5.74) is 2.67. The third kappa shape index (κ3) is 2.94. The Hall–Kier alpha value is -3.02. The van der Waals surface area contributed by atoms with Gasteiger partial charge in [0.1, 0.15) is 5.69 Å². The number of carbonyl (C=O) groups excluding carboxylic acids is 1. The standard InChI is InChI=1S/C15H13N5O/c1-11-3-2-4-14(18-11)15(21)19-12-9-17-20(10-12)13-5-7-16-8-6-13/h2-10H,1H3,(H,19,21). The average molecular weight is 279 g/mol. The molecule has 0 atom stereocenters. The van der Waals surface area contributed by atoms with Crippen LogP contribution < -0.4 is 5.32 Å². The van der Waals surface area contributed by atoms with Crippen molar-refractivity contribution in [3.05, 3.63) is 66.5 Å². The molecule has 0 bridgehead atoms. The van der Waals surface area contributed by atoms with Crippen molar-refractivity contribution >= 4 is 11.6 Å². The molecule has 0 radical (unpaired) electrons. The second-order valence-corrected chi connectivity index (χ2v) is 4.50. The van der Waals surface area contributed by atoms with Crippen molar-refractivity contribution in [1.29, 1.82) is 0 Å². The summed E-state index contributed by atoms with van der Waals surface area (Å²) in [4.78, 5) is 20.2. The van der Waals surface area contributed by atoms with Crippen LogP contribution in [0.3, 0.4) is 0 Å². The maximum atomic E-state index is 12.1. The van der Waals surface area contributed by atoms with Crippen LogP contribution in [0.2, 0.25) is 0 Å². The van der Waals surface area contributed by atoms with E-state index in [1.807, 2.05) is 25.1 Å². The fourth-order valence-corrected chi connectivity index (χ4v) is 1.89. The largest absolute Gasteiger partial charge is 0.318 e. The van der Waals surface area contributed by atoms with Gasteiger partial charge in [-0.3, -0.25) is 9.78 Å². The van der Waals surface area contributed by atoms with E-state index in [9.17, 15) is 4.79 Å². The van der Waals surface area contributed by atoms with E-state index >= 15 is 0 Å². The van der Waals surface area contributed by atoms with Gasteiger partial charge in [-0.15, -0.1) is 0 Å². The molecule has 0 saturated heterocycles. The van der Waals surface area contributed by atoms with E-state index < -0.39 is 0 Å². The van der Waals surface area contributed by atoms with Crippen molar-refractivity contribution in [2.24, 2.45) is 0 Å². The van der Waals surface area contributed by atoms with Crippen molar-refractivity contribution in [3.63, 3.8) is 0 Å². The molecule has 0 unspecified atom stereocenters. The fourth-order valence-electron chi connectivity index (χ4n) is 1.89. The summed E-state index contributed by atoms with van der Waals surface area (Å²) < 4.78 is 1.67. The number of hydrogen-bond donors (Lipinski definition) is 1. The van der Waals surface area contributed by atoms with E-state index in [-0.39, 0.29) is 5.91 Å². The Kier molecular flexibility index (Phi) is 3.42. The maximum absolute atomic E-state index is 12.1. The molecule has 3 aromatic rings. The second kappa shape index (κ2) is 5.54. The van der Waals surface area contributed by atoms with Crippen LogP contribution in [0.1, 0.15) is 16.2 Å². The van der Waals surface area contributed by atoms with Gasteiger partial charge in [0.25, 0.3) is 5.91 Å². The van der Waals surface area contributed by atoms with Gasteiger partial charge in [-0.05, 0) is 31.2 Å². The molecule has 0 aliphatic rings. The topological polar surface area (TPSA) is 72.7 Å². The Labute approximate surface area is 121 Å². The van der Waals surface area contributed by atoms with E-state index in [0.717, 1.165) is 11.4 Å². The molecule has 3 aromatic heterocycles. The van der Waals surface area contributed by atoms with E-state index in [1.165, 1.54) is 0 Å². The number of pyridine rings is 2. The zero-order valence-electron chi connectivity index (χ0n) is 11.4. The highest BCUT2D eigenvalue weighted by Crippen LogP contribution is 2.11. The first kappa shape index (κ1) is 13.0. The number of carbonyl (C=O) groups is 1. The molecule has 3 heterocycles. The summed E-state index contributed by atoms with van der Waals surface area (Å²) >= 11 is 0. The minimum atomic E-state index is -0.257. The molecular formula is C15H13N5O. The van der Waals surface area contributed by atoms with Crippen molar-refractivity contribution in [3.8, 4) is 5.69 Å². The second-order valence-electron chi connectivity index (χ2n) is 4.50. The highest BCUT2D eigenvalue weighted by atomic mass is 16.1. The number of nitrogens with one attached hydrogen (secondary N) is 1. The maximum Gasteiger partial charge on any atom is 0.274 e. The number of anilines is 1. The van der Waals surface area contributed by atoms with Gasteiger partial charge in [0.2, 0.25) is 0 Å². The van der Waals surface area contributed by atoms with Crippen LogP contribution >= 0.6 is 0 Å². The molecule has 0 spiro atoms. The lowest BCUT2D eigenvalue weighted by atomic mass is 10.3. The summed E-state index contributed by atoms with van der Waals surface area (Å²) in [5.74, 6) is -0.257. The molecule has 6 heteroatoms. The number of hydrogen-bond acceptors (Lipinski definition) is 4. The molecule has 0 aromatic carbocycles. The predicted octanol–water partition coefficient (Wildman–Crippen LogP) is 2.22. The van der Waals surface area contributed by atoms with E-state index in [0.29, 0.717) is 11.4 Å². The van der Waals surface area contributed by atoms with Gasteiger partial charge in [-0.25, -0.2) is 9.67 Å². The summed E-state index contributed by atoms with van der Waals surface area (Å²) in [7, 11) is 0. The van der Waals surface area contributed by atoms with Crippen LogP contribution in [-0.2, 0) is 0 Å². The predicted molar refractivity (Wildman–Crippen MR) is 78.3 cm³/mol. The van der Waals surface area contributed by atoms with Gasteiger partial charge < -0.3 is 5.32 Å².